The first-order valence-corrected chi connectivity index (χ1v) is 13.6. The normalized spacial score (nSPS) is 14.3. The minimum Gasteiger partial charge on any atom is -0.393 e. The Kier molecular flexibility index (Phi) is 18.8. The van der Waals surface area contributed by atoms with Crippen molar-refractivity contribution in [1.82, 2.24) is 0 Å². The van der Waals surface area contributed by atoms with Crippen LogP contribution in [0.3, 0.4) is 0 Å². The molecule has 0 aromatic rings. The van der Waals surface area contributed by atoms with E-state index in [-0.39, 0.29) is 0 Å². The summed E-state index contributed by atoms with van der Waals surface area (Å²) in [6, 6.07) is 0. The summed E-state index contributed by atoms with van der Waals surface area (Å²) in [6.45, 7) is 4.25. The van der Waals surface area contributed by atoms with Gasteiger partial charge in [-0.3, -0.25) is 4.55 Å². The van der Waals surface area contributed by atoms with Crippen LogP contribution in [0.4, 0.5) is 0 Å². The van der Waals surface area contributed by atoms with Gasteiger partial charge >= 0.3 is 0 Å². The Morgan fingerprint density at radius 1 is 0.571 bits per heavy atom. The largest absolute Gasteiger partial charge is 0.393 e. The molecule has 5 heteroatoms. The van der Waals surface area contributed by atoms with Gasteiger partial charge in [0.25, 0.3) is 10.1 Å². The van der Waals surface area contributed by atoms with Crippen molar-refractivity contribution in [2.24, 2.45) is 0 Å². The van der Waals surface area contributed by atoms with Crippen molar-refractivity contribution in [2.75, 3.05) is 0 Å². The zero-order chi connectivity index (χ0) is 21.1. The van der Waals surface area contributed by atoms with Crippen LogP contribution in [-0.2, 0) is 10.1 Å². The van der Waals surface area contributed by atoms with Gasteiger partial charge in [0.15, 0.2) is 0 Å². The maximum atomic E-state index is 11.5. The zero-order valence-corrected chi connectivity index (χ0v) is 19.5. The quantitative estimate of drug-likeness (QED) is 0.154. The number of hydrogen-bond acceptors (Lipinski definition) is 3. The second-order valence-corrected chi connectivity index (χ2v) is 10.2. The van der Waals surface area contributed by atoms with Crippen molar-refractivity contribution in [3.63, 3.8) is 0 Å². The highest BCUT2D eigenvalue weighted by Gasteiger charge is 2.23. The Morgan fingerprint density at radius 2 is 1.00 bits per heavy atom. The van der Waals surface area contributed by atoms with Gasteiger partial charge in [0.1, 0.15) is 0 Å². The molecular formula is C23H48O4S. The Bertz CT molecular complexity index is 422. The molecule has 2 atom stereocenters. The van der Waals surface area contributed by atoms with E-state index in [9.17, 15) is 18.1 Å². The monoisotopic (exact) mass is 420 g/mol. The molecule has 0 aliphatic heterocycles. The van der Waals surface area contributed by atoms with Crippen molar-refractivity contribution in [3.05, 3.63) is 0 Å². The molecule has 0 heterocycles. The standard InChI is InChI=1S/C23H48O4S/c1-3-5-6-7-8-9-10-11-12-13-14-15-16-17-19-23(28(25,26)27)21-20-22(24)18-4-2/h22-24H,3-21H2,1-2H3,(H,25,26,27). The fourth-order valence-corrected chi connectivity index (χ4v) is 4.76. The maximum Gasteiger partial charge on any atom is 0.267 e. The summed E-state index contributed by atoms with van der Waals surface area (Å²) < 4.78 is 32.5. The Labute approximate surface area is 175 Å². The van der Waals surface area contributed by atoms with Gasteiger partial charge in [-0.2, -0.15) is 8.42 Å². The molecule has 0 rings (SSSR count). The molecule has 0 aliphatic rings. The summed E-state index contributed by atoms with van der Waals surface area (Å²) in [6.07, 6.45) is 20.3. The molecule has 0 aromatic heterocycles. The lowest BCUT2D eigenvalue weighted by atomic mass is 10.0. The van der Waals surface area contributed by atoms with Gasteiger partial charge in [-0.1, -0.05) is 110 Å². The Morgan fingerprint density at radius 3 is 1.39 bits per heavy atom. The van der Waals surface area contributed by atoms with E-state index in [2.05, 4.69) is 6.92 Å². The van der Waals surface area contributed by atoms with Crippen LogP contribution in [0, 0.1) is 0 Å². The molecule has 170 valence electrons. The average molecular weight is 421 g/mol. The van der Waals surface area contributed by atoms with Crippen LogP contribution in [0.2, 0.25) is 0 Å². The predicted octanol–water partition coefficient (Wildman–Crippen LogP) is 7.06. The molecule has 0 saturated heterocycles. The summed E-state index contributed by atoms with van der Waals surface area (Å²) in [5.74, 6) is 0. The lowest BCUT2D eigenvalue weighted by Crippen LogP contribution is -2.22. The molecule has 0 spiro atoms. The summed E-state index contributed by atoms with van der Waals surface area (Å²) in [5, 5.41) is 9.07. The van der Waals surface area contributed by atoms with E-state index < -0.39 is 21.5 Å². The third-order valence-corrected chi connectivity index (χ3v) is 7.06. The van der Waals surface area contributed by atoms with Crippen LogP contribution in [-0.4, -0.2) is 29.4 Å². The number of hydrogen-bond donors (Lipinski definition) is 2. The van der Waals surface area contributed by atoms with Gasteiger partial charge in [-0.25, -0.2) is 0 Å². The summed E-state index contributed by atoms with van der Waals surface area (Å²) in [5.41, 5.74) is 0. The lowest BCUT2D eigenvalue weighted by Gasteiger charge is -2.16. The molecule has 0 aliphatic carbocycles. The molecule has 0 fully saturated rings. The molecule has 0 aromatic carbocycles. The van der Waals surface area contributed by atoms with Gasteiger partial charge < -0.3 is 5.11 Å². The zero-order valence-electron chi connectivity index (χ0n) is 18.7. The van der Waals surface area contributed by atoms with E-state index in [4.69, 9.17) is 0 Å². The number of aliphatic hydroxyl groups is 1. The molecule has 0 bridgehead atoms. The number of aliphatic hydroxyl groups excluding tert-OH is 1. The summed E-state index contributed by atoms with van der Waals surface area (Å²) >= 11 is 0. The minimum atomic E-state index is -4.00. The van der Waals surface area contributed by atoms with Crippen LogP contribution < -0.4 is 0 Å². The minimum absolute atomic E-state index is 0.360. The number of unbranched alkanes of at least 4 members (excludes halogenated alkanes) is 13. The van der Waals surface area contributed by atoms with Crippen molar-refractivity contribution >= 4 is 10.1 Å². The molecule has 28 heavy (non-hydrogen) atoms. The first kappa shape index (κ1) is 27.9. The highest BCUT2D eigenvalue weighted by molar-refractivity contribution is 7.86. The van der Waals surface area contributed by atoms with Crippen LogP contribution in [0.25, 0.3) is 0 Å². The van der Waals surface area contributed by atoms with Gasteiger partial charge in [0.2, 0.25) is 0 Å². The van der Waals surface area contributed by atoms with Crippen molar-refractivity contribution in [3.8, 4) is 0 Å². The molecule has 4 nitrogen and oxygen atoms in total. The molecule has 0 amide bonds. The topological polar surface area (TPSA) is 74.6 Å². The highest BCUT2D eigenvalue weighted by Crippen LogP contribution is 2.19. The third kappa shape index (κ3) is 17.9. The summed E-state index contributed by atoms with van der Waals surface area (Å²) in [7, 11) is -4.00. The SMILES string of the molecule is CCCCCCCCCCCCCCCCC(CCC(O)CCC)S(=O)(=O)O. The second-order valence-electron chi connectivity index (χ2n) is 8.54. The fraction of sp³-hybridized carbons (Fsp3) is 1.00. The van der Waals surface area contributed by atoms with Crippen molar-refractivity contribution in [1.29, 1.82) is 0 Å². The second kappa shape index (κ2) is 18.9. The van der Waals surface area contributed by atoms with Crippen LogP contribution in [0.15, 0.2) is 0 Å². The van der Waals surface area contributed by atoms with Crippen molar-refractivity contribution < 1.29 is 18.1 Å². The smallest absolute Gasteiger partial charge is 0.267 e. The average Bonchev–Trinajstić information content (AvgIpc) is 2.63. The van der Waals surface area contributed by atoms with Crippen LogP contribution in [0.5, 0.6) is 0 Å². The van der Waals surface area contributed by atoms with E-state index in [1.807, 2.05) is 6.92 Å². The molecule has 2 N–H and O–H groups in total. The first-order chi connectivity index (χ1) is 13.4. The third-order valence-electron chi connectivity index (χ3n) is 5.74. The predicted molar refractivity (Wildman–Crippen MR) is 120 cm³/mol. The molecule has 0 radical (unpaired) electrons. The van der Waals surface area contributed by atoms with E-state index >= 15 is 0 Å². The van der Waals surface area contributed by atoms with Crippen LogP contribution in [0.1, 0.15) is 136 Å². The van der Waals surface area contributed by atoms with Gasteiger partial charge in [-0.15, -0.1) is 0 Å². The fourth-order valence-electron chi connectivity index (χ4n) is 3.86. The van der Waals surface area contributed by atoms with E-state index in [0.717, 1.165) is 25.7 Å². The molecule has 2 unspecified atom stereocenters. The Balaban J connectivity index is 3.59. The van der Waals surface area contributed by atoms with Gasteiger partial charge in [0.05, 0.1) is 11.4 Å². The first-order valence-electron chi connectivity index (χ1n) is 12.1. The van der Waals surface area contributed by atoms with Gasteiger partial charge in [0, 0.05) is 0 Å². The summed E-state index contributed by atoms with van der Waals surface area (Å²) in [4.78, 5) is 0. The van der Waals surface area contributed by atoms with E-state index in [1.165, 1.54) is 70.6 Å². The van der Waals surface area contributed by atoms with Gasteiger partial charge in [-0.05, 0) is 25.7 Å². The van der Waals surface area contributed by atoms with E-state index in [0.29, 0.717) is 25.7 Å². The lowest BCUT2D eigenvalue weighted by molar-refractivity contribution is 0.150. The maximum absolute atomic E-state index is 11.5. The highest BCUT2D eigenvalue weighted by atomic mass is 32.2. The molecule has 0 saturated carbocycles. The number of rotatable bonds is 21. The van der Waals surface area contributed by atoms with E-state index in [1.54, 1.807) is 0 Å². The van der Waals surface area contributed by atoms with Crippen molar-refractivity contribution in [2.45, 2.75) is 147 Å². The van der Waals surface area contributed by atoms with Crippen LogP contribution >= 0.6 is 0 Å². The molecular weight excluding hydrogens is 372 g/mol. The Hall–Kier alpha value is -0.130.